The average Bonchev–Trinajstić information content (AvgIpc) is 1.57. The lowest BCUT2D eigenvalue weighted by Crippen LogP contribution is -1.97. The SMILES string of the molecule is C1=Cc2nc1c(-c1ccc(-c3ccc(C(=C(c4ccccc4)c4ccccc4)c4ccccc4)cc3)s1)c1ccc([nH]1)c(-c1ccc(-c3ccc(C(=C(c4ccccc4)c4ccccc4)c4ccccc4)cc3)s1)c1nc(c(-c3ccc(-c4ccc(C(=C(c5ccccc5)c5ccccc5)c5ccccc5)cc4)s3)c3ccc([nH]3)c2-c2ccc(-c3ccc(C(=C(c4ccccc4)c4ccccc4)c4ccccc4)cc3)s2)C=C1. The monoisotopic (exact) mass is 1960 g/mol. The molecule has 2 N–H and O–H groups in total. The quantitative estimate of drug-likeness (QED) is 0.0593. The van der Waals surface area contributed by atoms with E-state index in [0.29, 0.717) is 0 Å². The number of hydrogen-bond donors (Lipinski definition) is 2. The largest absolute Gasteiger partial charge is 0.354 e. The molecule has 0 spiro atoms. The molecule has 8 heteroatoms. The second-order valence-corrected chi connectivity index (χ2v) is 41.2. The second kappa shape index (κ2) is 41.3. The summed E-state index contributed by atoms with van der Waals surface area (Å²) >= 11 is 7.13. The molecule has 148 heavy (non-hydrogen) atoms. The van der Waals surface area contributed by atoms with Gasteiger partial charge >= 0.3 is 0 Å². The number of nitrogens with one attached hydrogen (secondary N) is 2. The van der Waals surface area contributed by atoms with Crippen molar-refractivity contribution in [3.63, 3.8) is 0 Å². The van der Waals surface area contributed by atoms with Crippen LogP contribution >= 0.6 is 45.3 Å². The van der Waals surface area contributed by atoms with Crippen molar-refractivity contribution >= 4 is 136 Å². The van der Waals surface area contributed by atoms with Gasteiger partial charge in [-0.2, -0.15) is 0 Å². The van der Waals surface area contributed by atoms with Gasteiger partial charge in [-0.05, 0) is 253 Å². The van der Waals surface area contributed by atoms with Crippen LogP contribution < -0.4 is 0 Å². The minimum atomic E-state index is 0.837. The lowest BCUT2D eigenvalue weighted by Gasteiger charge is -2.18. The summed E-state index contributed by atoms with van der Waals surface area (Å²) in [5, 5.41) is 0. The minimum Gasteiger partial charge on any atom is -0.354 e. The highest BCUT2D eigenvalue weighted by atomic mass is 32.1. The molecule has 0 radical (unpaired) electrons. The third-order valence-corrected chi connectivity index (χ3v) is 32.4. The van der Waals surface area contributed by atoms with E-state index < -0.39 is 0 Å². The lowest BCUT2D eigenvalue weighted by molar-refractivity contribution is 1.32. The zero-order chi connectivity index (χ0) is 98.4. The Morgan fingerprint density at radius 2 is 0.257 bits per heavy atom. The van der Waals surface area contributed by atoms with Gasteiger partial charge in [0, 0.05) is 83.3 Å². The molecular weight excluding hydrogens is 1870 g/mol. The normalized spacial score (nSPS) is 11.5. The van der Waals surface area contributed by atoms with E-state index in [2.05, 4.69) is 568 Å². The summed E-state index contributed by atoms with van der Waals surface area (Å²) in [6.45, 7) is 0. The first-order valence-corrected chi connectivity index (χ1v) is 53.3. The van der Waals surface area contributed by atoms with Crippen LogP contribution in [0, 0.1) is 0 Å². The summed E-state index contributed by atoms with van der Waals surface area (Å²) in [7, 11) is 0. The number of rotatable bonds is 24. The van der Waals surface area contributed by atoms with Gasteiger partial charge in [0.25, 0.3) is 0 Å². The van der Waals surface area contributed by atoms with Crippen LogP contribution in [0.2, 0.25) is 0 Å². The highest BCUT2D eigenvalue weighted by molar-refractivity contribution is 7.20. The Hall–Kier alpha value is -18.1. The zero-order valence-corrected chi connectivity index (χ0v) is 83.9. The van der Waals surface area contributed by atoms with Gasteiger partial charge in [0.05, 0.1) is 22.8 Å². The number of aromatic nitrogens is 4. The Bertz CT molecular complexity index is 7930. The Kier molecular flexibility index (Phi) is 25.4. The van der Waals surface area contributed by atoms with E-state index in [1.807, 2.05) is 0 Å². The van der Waals surface area contributed by atoms with Gasteiger partial charge in [0.1, 0.15) is 0 Å². The molecule has 698 valence electrons. The third-order valence-electron chi connectivity index (χ3n) is 27.7. The van der Waals surface area contributed by atoms with E-state index in [0.717, 1.165) is 217 Å². The first-order valence-electron chi connectivity index (χ1n) is 50.0. The molecule has 23 aromatic rings. The summed E-state index contributed by atoms with van der Waals surface area (Å²) in [6, 6.07) is 194. The van der Waals surface area contributed by atoms with E-state index >= 15 is 0 Å². The van der Waals surface area contributed by atoms with Gasteiger partial charge in [-0.3, -0.25) is 0 Å². The molecular formula is C140H94N4S4. The standard InChI is InChI=1S/C140H94N4S4/c1-13-37-97(38-14-1)129(98-39-15-2-16-40-98)133(105-53-29-9-30-54-105)109-69-61-93(62-70-109)121-85-89-125(145-121)137-113-77-79-115(141-113)138(126-90-86-122(146-126)94-63-71-110(72-64-94)134(106-55-31-10-32-56-106)130(99-41-17-3-18-42-99)100-43-19-4-20-44-100)117-81-83-119(143-117)140(128-92-88-124(148-128)96-67-75-112(76-68-96)136(108-59-35-12-36-60-108)132(103-49-25-7-26-50-103)104-51-27-8-28-52-104)120-84-82-118(144-120)139(116-80-78-114(137)142-116)127-91-87-123(147-127)95-65-73-111(74-66-95)135(107-57-33-11-34-58-107)131(101-45-21-5-22-46-101)102-47-23-6-24-48-102/h1-92,141,144H. The minimum absolute atomic E-state index is 0.837. The molecule has 0 saturated heterocycles. The van der Waals surface area contributed by atoms with E-state index in [1.54, 1.807) is 45.3 Å². The van der Waals surface area contributed by atoms with Gasteiger partial charge in [0.15, 0.2) is 0 Å². The van der Waals surface area contributed by atoms with Crippen molar-refractivity contribution in [2.75, 3.05) is 0 Å². The van der Waals surface area contributed by atoms with Crippen LogP contribution in [0.3, 0.4) is 0 Å². The Morgan fingerprint density at radius 3 is 0.399 bits per heavy atom. The van der Waals surface area contributed by atoms with E-state index in [4.69, 9.17) is 9.97 Å². The van der Waals surface area contributed by atoms with Gasteiger partial charge in [-0.25, -0.2) is 9.97 Å². The van der Waals surface area contributed by atoms with E-state index in [-0.39, 0.29) is 0 Å². The summed E-state index contributed by atoms with van der Waals surface area (Å²) in [5.41, 5.74) is 43.1. The molecule has 0 aliphatic carbocycles. The molecule has 0 fully saturated rings. The number of hydrogen-bond acceptors (Lipinski definition) is 6. The summed E-state index contributed by atoms with van der Waals surface area (Å²) in [6.07, 6.45) is 8.93. The van der Waals surface area contributed by atoms with Crippen molar-refractivity contribution in [2.24, 2.45) is 0 Å². The number of nitrogens with zero attached hydrogens (tertiary/aromatic N) is 2. The van der Waals surface area contributed by atoms with Crippen molar-refractivity contribution in [2.45, 2.75) is 0 Å². The zero-order valence-electron chi connectivity index (χ0n) is 80.6. The molecule has 2 aliphatic rings. The summed E-state index contributed by atoms with van der Waals surface area (Å²) in [4.78, 5) is 29.1. The van der Waals surface area contributed by atoms with Crippen molar-refractivity contribution in [1.29, 1.82) is 0 Å². The van der Waals surface area contributed by atoms with Crippen LogP contribution in [0.4, 0.5) is 0 Å². The topological polar surface area (TPSA) is 57.4 Å². The molecule has 2 aliphatic heterocycles. The van der Waals surface area contributed by atoms with Crippen molar-refractivity contribution in [3.05, 3.63) is 646 Å². The molecule has 16 aromatic carbocycles. The average molecular weight is 1960 g/mol. The molecule has 0 saturated carbocycles. The fourth-order valence-corrected chi connectivity index (χ4v) is 25.2. The maximum absolute atomic E-state index is 5.99. The number of benzene rings is 16. The Labute approximate surface area is 878 Å². The Morgan fingerprint density at radius 1 is 0.128 bits per heavy atom. The fourth-order valence-electron chi connectivity index (χ4n) is 20.9. The first-order chi connectivity index (χ1) is 73.4. The Balaban J connectivity index is 0.675. The van der Waals surface area contributed by atoms with E-state index in [1.165, 1.54) is 44.6 Å². The number of aromatic amines is 2. The maximum atomic E-state index is 5.99. The number of H-pyrrole nitrogens is 2. The predicted molar refractivity (Wildman–Crippen MR) is 631 cm³/mol. The molecule has 9 heterocycles. The highest BCUT2D eigenvalue weighted by Gasteiger charge is 2.28. The van der Waals surface area contributed by atoms with Crippen LogP contribution in [0.1, 0.15) is 112 Å². The van der Waals surface area contributed by atoms with Crippen molar-refractivity contribution < 1.29 is 0 Å². The first kappa shape index (κ1) is 91.1. The van der Waals surface area contributed by atoms with Gasteiger partial charge in [-0.1, -0.05) is 461 Å². The van der Waals surface area contributed by atoms with Gasteiger partial charge < -0.3 is 9.97 Å². The second-order valence-electron chi connectivity index (χ2n) is 36.9. The van der Waals surface area contributed by atoms with Crippen LogP contribution in [0.25, 0.3) is 174 Å². The fraction of sp³-hybridized carbons (Fsp3) is 0. The highest BCUT2D eigenvalue weighted by Crippen LogP contribution is 2.51. The van der Waals surface area contributed by atoms with E-state index in [9.17, 15) is 0 Å². The van der Waals surface area contributed by atoms with Crippen molar-refractivity contribution in [1.82, 2.24) is 19.9 Å². The lowest BCUT2D eigenvalue weighted by atomic mass is 9.85. The summed E-state index contributed by atoms with van der Waals surface area (Å²) < 4.78 is 0. The molecule has 0 atom stereocenters. The maximum Gasteiger partial charge on any atom is 0.0745 e. The number of thiophene rings is 4. The van der Waals surface area contributed by atoms with Crippen LogP contribution in [-0.4, -0.2) is 19.9 Å². The van der Waals surface area contributed by atoms with Crippen LogP contribution in [-0.2, 0) is 0 Å². The van der Waals surface area contributed by atoms with Gasteiger partial charge in [0.2, 0.25) is 0 Å². The summed E-state index contributed by atoms with van der Waals surface area (Å²) in [5.74, 6) is 0. The molecule has 4 nitrogen and oxygen atoms in total. The molecule has 7 aromatic heterocycles. The van der Waals surface area contributed by atoms with Gasteiger partial charge in [-0.15, -0.1) is 45.3 Å². The molecule has 25 rings (SSSR count). The molecule has 0 unspecified atom stereocenters. The third kappa shape index (κ3) is 18.5. The molecule has 0 amide bonds. The predicted octanol–water partition coefficient (Wildman–Crippen LogP) is 38.3. The van der Waals surface area contributed by atoms with Crippen LogP contribution in [0.15, 0.2) is 534 Å². The molecule has 8 bridgehead atoms. The van der Waals surface area contributed by atoms with Crippen molar-refractivity contribution in [3.8, 4) is 83.5 Å². The number of fused-ring (bicyclic) bond motifs is 8. The smallest absolute Gasteiger partial charge is 0.0745 e. The van der Waals surface area contributed by atoms with Crippen LogP contribution in [0.5, 0.6) is 0 Å².